The number of aliphatic hydroxyl groups excluding tert-OH is 11. The van der Waals surface area contributed by atoms with E-state index < -0.39 is 124 Å². The number of nitrogens with one attached hydrogen (secondary N) is 1. The maximum Gasteiger partial charge on any atom is 0.220 e. The summed E-state index contributed by atoms with van der Waals surface area (Å²) in [6.45, 7) is 1.76. The second-order valence-electron chi connectivity index (χ2n) is 25.0. The van der Waals surface area contributed by atoms with Crippen molar-refractivity contribution in [3.8, 4) is 0 Å². The predicted molar refractivity (Wildman–Crippen MR) is 328 cm³/mol. The quantitative estimate of drug-likeness (QED) is 0.0201. The van der Waals surface area contributed by atoms with Crippen molar-refractivity contribution < 1.29 is 89.4 Å². The first kappa shape index (κ1) is 77.8. The zero-order chi connectivity index (χ0) is 61.9. The Morgan fingerprint density at radius 3 is 1.11 bits per heavy atom. The van der Waals surface area contributed by atoms with Crippen molar-refractivity contribution in [1.29, 1.82) is 0 Å². The summed E-state index contributed by atoms with van der Waals surface area (Å²) in [5, 5.41) is 120. The number of aliphatic hydroxyl groups is 11. The molecule has 0 bridgehead atoms. The topological polar surface area (TPSA) is 307 Å². The molecule has 0 aromatic carbocycles. The Labute approximate surface area is 512 Å². The lowest BCUT2D eigenvalue weighted by Gasteiger charge is -2.48. The fourth-order valence-corrected chi connectivity index (χ4v) is 12.0. The summed E-state index contributed by atoms with van der Waals surface area (Å²) in [6, 6.07) is -0.967. The summed E-state index contributed by atoms with van der Waals surface area (Å²) in [5.41, 5.74) is 0. The van der Waals surface area contributed by atoms with Crippen molar-refractivity contribution in [3.63, 3.8) is 0 Å². The first-order valence-corrected chi connectivity index (χ1v) is 34.4. The molecular weight excluding hydrogens is 1090 g/mol. The summed E-state index contributed by atoms with van der Waals surface area (Å²) in [4.78, 5) is 13.4. The van der Waals surface area contributed by atoms with E-state index in [2.05, 4.69) is 19.2 Å². The van der Waals surface area contributed by atoms with Gasteiger partial charge in [0.1, 0.15) is 73.2 Å². The van der Waals surface area contributed by atoms with Crippen molar-refractivity contribution in [2.24, 2.45) is 0 Å². The molecule has 3 aliphatic rings. The van der Waals surface area contributed by atoms with E-state index >= 15 is 0 Å². The number of unbranched alkanes of at least 4 members (excludes halogenated alkanes) is 37. The normalized spacial score (nSPS) is 29.0. The van der Waals surface area contributed by atoms with E-state index in [1.165, 1.54) is 199 Å². The second kappa shape index (κ2) is 49.3. The van der Waals surface area contributed by atoms with Crippen molar-refractivity contribution in [2.75, 3.05) is 26.4 Å². The molecular formula is C66H125NO18. The number of carbonyl (C=O) groups is 1. The van der Waals surface area contributed by atoms with Gasteiger partial charge in [-0.3, -0.25) is 4.79 Å². The Morgan fingerprint density at radius 1 is 0.412 bits per heavy atom. The number of amides is 1. The third-order valence-electron chi connectivity index (χ3n) is 17.6. The molecule has 0 aliphatic carbocycles. The van der Waals surface area contributed by atoms with Gasteiger partial charge in [0, 0.05) is 6.42 Å². The van der Waals surface area contributed by atoms with E-state index in [0.29, 0.717) is 6.42 Å². The van der Waals surface area contributed by atoms with E-state index in [1.54, 1.807) is 6.08 Å². The minimum absolute atomic E-state index is 0.250. The van der Waals surface area contributed by atoms with Crippen molar-refractivity contribution in [2.45, 2.75) is 375 Å². The van der Waals surface area contributed by atoms with Crippen LogP contribution in [0.25, 0.3) is 0 Å². The molecule has 3 rings (SSSR count). The van der Waals surface area contributed by atoms with Gasteiger partial charge in [0.25, 0.3) is 0 Å². The number of hydrogen-bond donors (Lipinski definition) is 12. The lowest BCUT2D eigenvalue weighted by atomic mass is 9.96. The molecule has 12 N–H and O–H groups in total. The number of carbonyl (C=O) groups excluding carboxylic acids is 1. The van der Waals surface area contributed by atoms with Crippen molar-refractivity contribution >= 4 is 5.91 Å². The van der Waals surface area contributed by atoms with Gasteiger partial charge < -0.3 is 89.9 Å². The largest absolute Gasteiger partial charge is 0.394 e. The smallest absolute Gasteiger partial charge is 0.220 e. The SMILES string of the molecule is CCCCCCCCCCCCCC/C=C/C(O)C(COC1OC(CO)C(OC2OC(CO)C(OC3OC(CO)C(O)C(O)C3O)C(O)C2O)C(O)C1O)NC(=O)CCCCCCCCCCCCCCCCCCCCCCCCCCCC. The minimum atomic E-state index is -1.98. The van der Waals surface area contributed by atoms with E-state index in [1.807, 2.05) is 6.08 Å². The Hall–Kier alpha value is -1.47. The molecule has 19 nitrogen and oxygen atoms in total. The van der Waals surface area contributed by atoms with Gasteiger partial charge in [-0.25, -0.2) is 0 Å². The molecule has 0 aromatic rings. The Morgan fingerprint density at radius 2 is 0.729 bits per heavy atom. The highest BCUT2D eigenvalue weighted by Crippen LogP contribution is 2.33. The van der Waals surface area contributed by atoms with Gasteiger partial charge in [-0.05, 0) is 19.3 Å². The van der Waals surface area contributed by atoms with Crippen LogP contribution in [0.2, 0.25) is 0 Å². The van der Waals surface area contributed by atoms with E-state index in [9.17, 15) is 61.0 Å². The molecule has 0 radical (unpaired) electrons. The number of allylic oxidation sites excluding steroid dienone is 1. The molecule has 3 heterocycles. The third kappa shape index (κ3) is 31.9. The molecule has 3 aliphatic heterocycles. The highest BCUT2D eigenvalue weighted by Gasteiger charge is 2.53. The zero-order valence-electron chi connectivity index (χ0n) is 52.9. The van der Waals surface area contributed by atoms with Crippen molar-refractivity contribution in [3.05, 3.63) is 12.2 Å². The standard InChI is InChI=1S/C66H125NO18/c1-3-5-7-9-11-13-15-17-19-20-21-22-23-24-25-26-27-28-29-30-32-34-36-38-40-42-44-54(72)67-49(50(71)43-41-39-37-35-33-31-18-16-14-12-10-8-6-4-2)48-80-64-60(78)57(75)62(52(46-69)82-64)85-66-61(79)58(76)63(53(47-70)83-66)84-65-59(77)56(74)55(73)51(45-68)81-65/h41,43,49-53,55-66,68-71,73-79H,3-40,42,44-48H2,1-2H3,(H,67,72)/b43-41+. The van der Waals surface area contributed by atoms with Gasteiger partial charge in [-0.15, -0.1) is 0 Å². The summed E-state index contributed by atoms with van der Waals surface area (Å²) in [6.07, 6.45) is 26.3. The maximum atomic E-state index is 13.4. The van der Waals surface area contributed by atoms with Gasteiger partial charge in [0.2, 0.25) is 5.91 Å². The number of ether oxygens (including phenoxy) is 6. The van der Waals surface area contributed by atoms with Crippen LogP contribution in [0.3, 0.4) is 0 Å². The summed E-state index contributed by atoms with van der Waals surface area (Å²) in [5.74, 6) is -0.270. The summed E-state index contributed by atoms with van der Waals surface area (Å²) >= 11 is 0. The molecule has 1 amide bonds. The highest BCUT2D eigenvalue weighted by molar-refractivity contribution is 5.76. The molecule has 0 spiro atoms. The molecule has 85 heavy (non-hydrogen) atoms. The third-order valence-corrected chi connectivity index (χ3v) is 17.6. The van der Waals surface area contributed by atoms with E-state index in [0.717, 1.165) is 44.9 Å². The number of hydrogen-bond acceptors (Lipinski definition) is 18. The molecule has 0 saturated carbocycles. The monoisotopic (exact) mass is 1220 g/mol. The fraction of sp³-hybridized carbons (Fsp3) is 0.955. The van der Waals surface area contributed by atoms with Crippen LogP contribution in [-0.2, 0) is 33.2 Å². The highest BCUT2D eigenvalue weighted by atomic mass is 16.8. The molecule has 502 valence electrons. The van der Waals surface area contributed by atoms with Crippen molar-refractivity contribution in [1.82, 2.24) is 5.32 Å². The molecule has 0 aromatic heterocycles. The molecule has 19 heteroatoms. The molecule has 17 atom stereocenters. The van der Waals surface area contributed by atoms with Gasteiger partial charge in [0.15, 0.2) is 18.9 Å². The number of rotatable bonds is 53. The van der Waals surface area contributed by atoms with Crippen LogP contribution in [0.4, 0.5) is 0 Å². The van der Waals surface area contributed by atoms with Gasteiger partial charge in [-0.2, -0.15) is 0 Å². The second-order valence-corrected chi connectivity index (χ2v) is 25.0. The Bertz CT molecular complexity index is 1600. The van der Waals surface area contributed by atoms with Gasteiger partial charge >= 0.3 is 0 Å². The Kier molecular flexibility index (Phi) is 45.1. The first-order valence-electron chi connectivity index (χ1n) is 34.4. The molecule has 3 saturated heterocycles. The first-order chi connectivity index (χ1) is 41.3. The van der Waals surface area contributed by atoms with Crippen LogP contribution >= 0.6 is 0 Å². The van der Waals surface area contributed by atoms with Crippen LogP contribution in [-0.4, -0.2) is 193 Å². The van der Waals surface area contributed by atoms with Crippen LogP contribution in [0, 0.1) is 0 Å². The van der Waals surface area contributed by atoms with Gasteiger partial charge in [-0.1, -0.05) is 257 Å². The summed E-state index contributed by atoms with van der Waals surface area (Å²) < 4.78 is 34.3. The van der Waals surface area contributed by atoms with E-state index in [4.69, 9.17) is 28.4 Å². The lowest BCUT2D eigenvalue weighted by molar-refractivity contribution is -0.379. The zero-order valence-corrected chi connectivity index (χ0v) is 52.9. The van der Waals surface area contributed by atoms with Crippen LogP contribution < -0.4 is 5.32 Å². The average molecular weight is 1220 g/mol. The maximum absolute atomic E-state index is 13.4. The average Bonchev–Trinajstić information content (AvgIpc) is 3.15. The van der Waals surface area contributed by atoms with Crippen LogP contribution in [0.5, 0.6) is 0 Å². The molecule has 17 unspecified atom stereocenters. The lowest BCUT2D eigenvalue weighted by Crippen LogP contribution is -2.66. The minimum Gasteiger partial charge on any atom is -0.394 e. The fourth-order valence-electron chi connectivity index (χ4n) is 12.0. The van der Waals surface area contributed by atoms with Crippen LogP contribution in [0.15, 0.2) is 12.2 Å². The van der Waals surface area contributed by atoms with Crippen LogP contribution in [0.1, 0.15) is 271 Å². The molecule has 3 fully saturated rings. The van der Waals surface area contributed by atoms with E-state index in [-0.39, 0.29) is 18.9 Å². The Balaban J connectivity index is 1.41. The van der Waals surface area contributed by atoms with Gasteiger partial charge in [0.05, 0.1) is 38.6 Å². The predicted octanol–water partition coefficient (Wildman–Crippen LogP) is 8.50. The summed E-state index contributed by atoms with van der Waals surface area (Å²) in [7, 11) is 0.